The highest BCUT2D eigenvalue weighted by Crippen LogP contribution is 2.39. The smallest absolute Gasteiger partial charge is 0.138 e. The molecule has 29 heavy (non-hydrogen) atoms. The number of aliphatic hydroxyl groups is 2. The van der Waals surface area contributed by atoms with Crippen LogP contribution in [0.3, 0.4) is 0 Å². The first-order chi connectivity index (χ1) is 14.0. The van der Waals surface area contributed by atoms with Gasteiger partial charge in [0.15, 0.2) is 0 Å². The van der Waals surface area contributed by atoms with Crippen LogP contribution >= 0.6 is 0 Å². The Bertz CT molecular complexity index is 1050. The predicted molar refractivity (Wildman–Crippen MR) is 119 cm³/mol. The molecule has 4 rings (SSSR count). The van der Waals surface area contributed by atoms with Gasteiger partial charge < -0.3 is 14.9 Å². The van der Waals surface area contributed by atoms with Crippen LogP contribution in [0.4, 0.5) is 0 Å². The van der Waals surface area contributed by atoms with Crippen LogP contribution in [0.5, 0.6) is 11.5 Å². The first kappa shape index (κ1) is 19.4. The molecule has 0 saturated heterocycles. The van der Waals surface area contributed by atoms with E-state index in [0.717, 1.165) is 44.2 Å². The zero-order valence-electron chi connectivity index (χ0n) is 16.8. The van der Waals surface area contributed by atoms with Crippen molar-refractivity contribution in [3.05, 3.63) is 83.9 Å². The van der Waals surface area contributed by atoms with Crippen LogP contribution in [0.2, 0.25) is 0 Å². The van der Waals surface area contributed by atoms with Crippen LogP contribution in [-0.2, 0) is 12.8 Å². The molecule has 0 fully saturated rings. The molecule has 0 aromatic heterocycles. The maximum Gasteiger partial charge on any atom is 0.138 e. The molecule has 3 nitrogen and oxygen atoms in total. The van der Waals surface area contributed by atoms with Crippen LogP contribution in [0.25, 0.3) is 21.5 Å². The van der Waals surface area contributed by atoms with Gasteiger partial charge in [-0.1, -0.05) is 72.8 Å². The predicted octanol–water partition coefficient (Wildman–Crippen LogP) is 5.63. The van der Waals surface area contributed by atoms with Gasteiger partial charge in [-0.2, -0.15) is 0 Å². The fraction of sp³-hybridized carbons (Fsp3) is 0.231. The van der Waals surface area contributed by atoms with Crippen molar-refractivity contribution in [1.29, 1.82) is 0 Å². The van der Waals surface area contributed by atoms with Crippen molar-refractivity contribution in [2.45, 2.75) is 38.9 Å². The van der Waals surface area contributed by atoms with E-state index in [1.807, 2.05) is 36.4 Å². The lowest BCUT2D eigenvalue weighted by atomic mass is 9.99. The second-order valence-electron chi connectivity index (χ2n) is 7.76. The molecule has 0 saturated carbocycles. The van der Waals surface area contributed by atoms with Crippen LogP contribution in [0.15, 0.2) is 72.8 Å². The van der Waals surface area contributed by atoms with Gasteiger partial charge in [0.2, 0.25) is 0 Å². The van der Waals surface area contributed by atoms with E-state index in [4.69, 9.17) is 4.74 Å². The Kier molecular flexibility index (Phi) is 5.52. The van der Waals surface area contributed by atoms with E-state index in [0.29, 0.717) is 12.8 Å². The quantitative estimate of drug-likeness (QED) is 0.451. The van der Waals surface area contributed by atoms with E-state index in [-0.39, 0.29) is 0 Å². The SMILES string of the molecule is CC(O)Cc1ccc2ccccc2c1Oc1c(CC(C)O)ccc2ccccc12. The molecule has 0 radical (unpaired) electrons. The van der Waals surface area contributed by atoms with Gasteiger partial charge in [0.1, 0.15) is 11.5 Å². The molecule has 0 aliphatic rings. The molecule has 2 atom stereocenters. The van der Waals surface area contributed by atoms with Crippen LogP contribution < -0.4 is 4.74 Å². The number of fused-ring (bicyclic) bond motifs is 2. The lowest BCUT2D eigenvalue weighted by Gasteiger charge is -2.19. The fourth-order valence-electron chi connectivity index (χ4n) is 3.88. The normalized spacial score (nSPS) is 13.5. The van der Waals surface area contributed by atoms with E-state index < -0.39 is 12.2 Å². The molecule has 3 heteroatoms. The van der Waals surface area contributed by atoms with E-state index in [2.05, 4.69) is 36.4 Å². The second kappa shape index (κ2) is 8.24. The first-order valence-corrected chi connectivity index (χ1v) is 10.1. The van der Waals surface area contributed by atoms with Gasteiger partial charge in [0.05, 0.1) is 12.2 Å². The van der Waals surface area contributed by atoms with Crippen LogP contribution in [0, 0.1) is 0 Å². The molecule has 2 unspecified atom stereocenters. The maximum atomic E-state index is 10.0. The highest BCUT2D eigenvalue weighted by Gasteiger charge is 2.17. The standard InChI is InChI=1S/C26H26O3/c1-17(27)15-21-13-11-19-7-3-5-9-23(19)25(21)29-26-22(16-18(2)28)14-12-20-8-4-6-10-24(20)26/h3-14,17-18,27-28H,15-16H2,1-2H3. The lowest BCUT2D eigenvalue weighted by molar-refractivity contribution is 0.194. The molecule has 0 heterocycles. The van der Waals surface area contributed by atoms with E-state index in [9.17, 15) is 10.2 Å². The van der Waals surface area contributed by atoms with Crippen molar-refractivity contribution >= 4 is 21.5 Å². The summed E-state index contributed by atoms with van der Waals surface area (Å²) in [4.78, 5) is 0. The fourth-order valence-corrected chi connectivity index (χ4v) is 3.88. The average Bonchev–Trinajstić information content (AvgIpc) is 2.70. The minimum Gasteiger partial charge on any atom is -0.455 e. The number of aliphatic hydroxyl groups excluding tert-OH is 2. The van der Waals surface area contributed by atoms with Gasteiger partial charge in [-0.3, -0.25) is 0 Å². The Morgan fingerprint density at radius 1 is 0.621 bits per heavy atom. The molecule has 4 aromatic carbocycles. The molecular weight excluding hydrogens is 360 g/mol. The van der Waals surface area contributed by atoms with E-state index in [1.165, 1.54) is 0 Å². The molecular formula is C26H26O3. The Morgan fingerprint density at radius 2 is 1.03 bits per heavy atom. The molecule has 0 amide bonds. The second-order valence-corrected chi connectivity index (χ2v) is 7.76. The first-order valence-electron chi connectivity index (χ1n) is 10.1. The average molecular weight is 386 g/mol. The zero-order valence-corrected chi connectivity index (χ0v) is 16.8. The Labute approximate surface area is 171 Å². The summed E-state index contributed by atoms with van der Waals surface area (Å²) in [6.45, 7) is 3.57. The third kappa shape index (κ3) is 4.12. The van der Waals surface area contributed by atoms with Crippen molar-refractivity contribution < 1.29 is 14.9 Å². The van der Waals surface area contributed by atoms with E-state index >= 15 is 0 Å². The summed E-state index contributed by atoms with van der Waals surface area (Å²) in [5.41, 5.74) is 1.93. The summed E-state index contributed by atoms with van der Waals surface area (Å²) in [7, 11) is 0. The monoisotopic (exact) mass is 386 g/mol. The molecule has 0 bridgehead atoms. The van der Waals surface area contributed by atoms with Gasteiger partial charge in [0.25, 0.3) is 0 Å². The number of hydrogen-bond acceptors (Lipinski definition) is 3. The van der Waals surface area contributed by atoms with Crippen molar-refractivity contribution in [1.82, 2.24) is 0 Å². The number of hydrogen-bond donors (Lipinski definition) is 2. The summed E-state index contributed by atoms with van der Waals surface area (Å²) in [6, 6.07) is 24.5. The Balaban J connectivity index is 1.93. The summed E-state index contributed by atoms with van der Waals surface area (Å²) < 4.78 is 6.65. The maximum absolute atomic E-state index is 10.0. The Hall–Kier alpha value is -2.88. The van der Waals surface area contributed by atoms with Crippen LogP contribution in [0.1, 0.15) is 25.0 Å². The number of rotatable bonds is 6. The molecule has 2 N–H and O–H groups in total. The third-order valence-corrected chi connectivity index (χ3v) is 5.16. The van der Waals surface area contributed by atoms with Crippen LogP contribution in [-0.4, -0.2) is 22.4 Å². The number of benzene rings is 4. The molecule has 0 aliphatic carbocycles. The number of ether oxygens (including phenoxy) is 1. The van der Waals surface area contributed by atoms with Crippen molar-refractivity contribution in [3.63, 3.8) is 0 Å². The topological polar surface area (TPSA) is 49.7 Å². The minimum absolute atomic E-state index is 0.469. The summed E-state index contributed by atoms with van der Waals surface area (Å²) >= 11 is 0. The van der Waals surface area contributed by atoms with Gasteiger partial charge in [-0.15, -0.1) is 0 Å². The highest BCUT2D eigenvalue weighted by atomic mass is 16.5. The van der Waals surface area contributed by atoms with E-state index in [1.54, 1.807) is 13.8 Å². The summed E-state index contributed by atoms with van der Waals surface area (Å²) in [5.74, 6) is 1.54. The Morgan fingerprint density at radius 3 is 1.45 bits per heavy atom. The van der Waals surface area contributed by atoms with Crippen molar-refractivity contribution in [3.8, 4) is 11.5 Å². The van der Waals surface area contributed by atoms with Crippen molar-refractivity contribution in [2.75, 3.05) is 0 Å². The minimum atomic E-state index is -0.469. The van der Waals surface area contributed by atoms with Gasteiger partial charge in [-0.25, -0.2) is 0 Å². The molecule has 0 spiro atoms. The van der Waals surface area contributed by atoms with Gasteiger partial charge in [0, 0.05) is 23.6 Å². The van der Waals surface area contributed by atoms with Gasteiger partial charge in [-0.05, 0) is 35.7 Å². The van der Waals surface area contributed by atoms with Gasteiger partial charge >= 0.3 is 0 Å². The largest absolute Gasteiger partial charge is 0.455 e. The molecule has 0 aliphatic heterocycles. The highest BCUT2D eigenvalue weighted by molar-refractivity contribution is 5.93. The molecule has 148 valence electrons. The zero-order chi connectivity index (χ0) is 20.4. The molecule has 4 aromatic rings. The summed E-state index contributed by atoms with van der Waals surface area (Å²) in [6.07, 6.45) is 0.0822. The van der Waals surface area contributed by atoms with Crippen molar-refractivity contribution in [2.24, 2.45) is 0 Å². The summed E-state index contributed by atoms with van der Waals surface area (Å²) in [5, 5.41) is 24.3. The third-order valence-electron chi connectivity index (χ3n) is 5.16. The lowest BCUT2D eigenvalue weighted by Crippen LogP contribution is -2.08.